The molecule has 1 aromatic heterocycles. The number of nitriles is 1. The third kappa shape index (κ3) is 1.45. The molecule has 0 aliphatic rings. The summed E-state index contributed by atoms with van der Waals surface area (Å²) in [5, 5.41) is 9.75. The van der Waals surface area contributed by atoms with E-state index in [9.17, 15) is 0 Å². The molecule has 0 saturated heterocycles. The molecule has 0 fully saturated rings. The van der Waals surface area contributed by atoms with E-state index < -0.39 is 0 Å². The minimum Gasteiger partial charge on any atom is -0.254 e. The van der Waals surface area contributed by atoms with Gasteiger partial charge in [-0.2, -0.15) is 5.26 Å². The van der Waals surface area contributed by atoms with Crippen molar-refractivity contribution in [2.75, 3.05) is 6.26 Å². The fourth-order valence-corrected chi connectivity index (χ4v) is 1.94. The molecule has 0 bridgehead atoms. The predicted octanol–water partition coefficient (Wildman–Crippen LogP) is 2.83. The lowest BCUT2D eigenvalue weighted by atomic mass is 10.2. The van der Waals surface area contributed by atoms with Crippen LogP contribution in [-0.4, -0.2) is 11.2 Å². The van der Waals surface area contributed by atoms with Gasteiger partial charge in [0.05, 0.1) is 11.1 Å². The fourth-order valence-electron chi connectivity index (χ4n) is 1.36. The number of nitrogens with zero attached hydrogens (tertiary/aromatic N) is 2. The lowest BCUT2D eigenvalue weighted by Gasteiger charge is -2.01. The molecule has 0 amide bonds. The van der Waals surface area contributed by atoms with Gasteiger partial charge in [0.2, 0.25) is 0 Å². The van der Waals surface area contributed by atoms with E-state index in [1.54, 1.807) is 18.0 Å². The molecule has 0 N–H and O–H groups in total. The van der Waals surface area contributed by atoms with Crippen molar-refractivity contribution in [3.05, 3.63) is 36.0 Å². The lowest BCUT2D eigenvalue weighted by Crippen LogP contribution is -1.83. The fraction of sp³-hybridized carbons (Fsp3) is 0.0909. The highest BCUT2D eigenvalue weighted by Crippen LogP contribution is 2.24. The Bertz CT molecular complexity index is 514. The largest absolute Gasteiger partial charge is 0.254 e. The maximum Gasteiger partial charge on any atom is 0.101 e. The van der Waals surface area contributed by atoms with Crippen LogP contribution in [0, 0.1) is 11.3 Å². The first-order valence-electron chi connectivity index (χ1n) is 4.18. The van der Waals surface area contributed by atoms with Crippen LogP contribution in [0.15, 0.2) is 35.4 Å². The second kappa shape index (κ2) is 3.69. The molecule has 2 rings (SSSR count). The summed E-state index contributed by atoms with van der Waals surface area (Å²) in [6, 6.07) is 9.94. The van der Waals surface area contributed by atoms with E-state index in [1.807, 2.05) is 30.5 Å². The molecular weight excluding hydrogens is 192 g/mol. The van der Waals surface area contributed by atoms with Gasteiger partial charge in [0.15, 0.2) is 0 Å². The van der Waals surface area contributed by atoms with Crippen molar-refractivity contribution in [1.29, 1.82) is 5.26 Å². The van der Waals surface area contributed by atoms with E-state index in [-0.39, 0.29) is 0 Å². The summed E-state index contributed by atoms with van der Waals surface area (Å²) in [5.41, 5.74) is 1.58. The molecule has 0 aliphatic carbocycles. The maximum atomic E-state index is 8.73. The van der Waals surface area contributed by atoms with Crippen LogP contribution in [-0.2, 0) is 0 Å². The Morgan fingerprint density at radius 3 is 3.00 bits per heavy atom. The van der Waals surface area contributed by atoms with Crippen molar-refractivity contribution >= 4 is 22.7 Å². The number of aromatic nitrogens is 1. The molecule has 2 aromatic rings. The Balaban J connectivity index is 2.75. The molecule has 3 heteroatoms. The third-order valence-corrected chi connectivity index (χ3v) is 2.79. The summed E-state index contributed by atoms with van der Waals surface area (Å²) >= 11 is 1.67. The average molecular weight is 200 g/mol. The summed E-state index contributed by atoms with van der Waals surface area (Å²) in [6.07, 6.45) is 3.64. The van der Waals surface area contributed by atoms with Crippen LogP contribution < -0.4 is 0 Å². The summed E-state index contributed by atoms with van der Waals surface area (Å²) in [6.45, 7) is 0. The first-order valence-corrected chi connectivity index (χ1v) is 5.40. The van der Waals surface area contributed by atoms with Gasteiger partial charge in [-0.1, -0.05) is 12.1 Å². The van der Waals surface area contributed by atoms with E-state index >= 15 is 0 Å². The monoisotopic (exact) mass is 200 g/mol. The highest BCUT2D eigenvalue weighted by atomic mass is 32.2. The van der Waals surface area contributed by atoms with Crippen molar-refractivity contribution in [3.63, 3.8) is 0 Å². The lowest BCUT2D eigenvalue weighted by molar-refractivity contribution is 1.33. The number of benzene rings is 1. The molecule has 0 saturated carbocycles. The van der Waals surface area contributed by atoms with Gasteiger partial charge in [-0.15, -0.1) is 11.8 Å². The number of hydrogen-bond donors (Lipinski definition) is 0. The molecule has 0 aliphatic heterocycles. The third-order valence-electron chi connectivity index (χ3n) is 2.02. The number of thioether (sulfide) groups is 1. The van der Waals surface area contributed by atoms with Crippen LogP contribution in [0.4, 0.5) is 0 Å². The van der Waals surface area contributed by atoms with Gasteiger partial charge in [-0.3, -0.25) is 4.98 Å². The van der Waals surface area contributed by atoms with Gasteiger partial charge < -0.3 is 0 Å². The minimum absolute atomic E-state index is 0.607. The Kier molecular flexibility index (Phi) is 2.38. The SMILES string of the molecule is CSc1cccc2cc(C#N)cnc12. The van der Waals surface area contributed by atoms with E-state index in [0.717, 1.165) is 15.8 Å². The Morgan fingerprint density at radius 2 is 2.29 bits per heavy atom. The molecule has 0 unspecified atom stereocenters. The van der Waals surface area contributed by atoms with Crippen LogP contribution in [0.1, 0.15) is 5.56 Å². The second-order valence-corrected chi connectivity index (χ2v) is 3.72. The Labute approximate surface area is 86.6 Å². The highest BCUT2D eigenvalue weighted by molar-refractivity contribution is 7.98. The van der Waals surface area contributed by atoms with Gasteiger partial charge in [0, 0.05) is 16.5 Å². The zero-order valence-corrected chi connectivity index (χ0v) is 8.51. The van der Waals surface area contributed by atoms with E-state index in [1.165, 1.54) is 0 Å². The summed E-state index contributed by atoms with van der Waals surface area (Å²) in [4.78, 5) is 5.42. The van der Waals surface area contributed by atoms with Crippen molar-refractivity contribution in [2.24, 2.45) is 0 Å². The molecule has 14 heavy (non-hydrogen) atoms. The van der Waals surface area contributed by atoms with Crippen molar-refractivity contribution in [1.82, 2.24) is 4.98 Å². The first-order chi connectivity index (χ1) is 6.85. The topological polar surface area (TPSA) is 36.7 Å². The van der Waals surface area contributed by atoms with Gasteiger partial charge in [-0.05, 0) is 18.4 Å². The summed E-state index contributed by atoms with van der Waals surface area (Å²) in [5.74, 6) is 0. The zero-order chi connectivity index (χ0) is 9.97. The van der Waals surface area contributed by atoms with Crippen LogP contribution in [0.25, 0.3) is 10.9 Å². The van der Waals surface area contributed by atoms with E-state index in [0.29, 0.717) is 5.56 Å². The smallest absolute Gasteiger partial charge is 0.101 e. The molecule has 1 heterocycles. The van der Waals surface area contributed by atoms with Gasteiger partial charge >= 0.3 is 0 Å². The maximum absolute atomic E-state index is 8.73. The Hall–Kier alpha value is -1.53. The molecule has 0 spiro atoms. The van der Waals surface area contributed by atoms with Crippen molar-refractivity contribution < 1.29 is 0 Å². The predicted molar refractivity (Wildman–Crippen MR) is 58.2 cm³/mol. The number of fused-ring (bicyclic) bond motifs is 1. The second-order valence-electron chi connectivity index (χ2n) is 2.87. The molecule has 0 radical (unpaired) electrons. The highest BCUT2D eigenvalue weighted by Gasteiger charge is 2.01. The normalized spacial score (nSPS) is 10.0. The number of rotatable bonds is 1. The number of pyridine rings is 1. The molecule has 0 atom stereocenters. The van der Waals surface area contributed by atoms with Crippen molar-refractivity contribution in [3.8, 4) is 6.07 Å². The quantitative estimate of drug-likeness (QED) is 0.664. The van der Waals surface area contributed by atoms with E-state index in [4.69, 9.17) is 5.26 Å². The van der Waals surface area contributed by atoms with Crippen LogP contribution in [0.2, 0.25) is 0 Å². The molecule has 1 aromatic carbocycles. The van der Waals surface area contributed by atoms with Gasteiger partial charge in [0.1, 0.15) is 6.07 Å². The average Bonchev–Trinajstić information content (AvgIpc) is 2.27. The molecular formula is C11H8N2S. The Morgan fingerprint density at radius 1 is 1.43 bits per heavy atom. The molecule has 2 nitrogen and oxygen atoms in total. The van der Waals surface area contributed by atoms with Crippen LogP contribution >= 0.6 is 11.8 Å². The van der Waals surface area contributed by atoms with Gasteiger partial charge in [0.25, 0.3) is 0 Å². The summed E-state index contributed by atoms with van der Waals surface area (Å²) in [7, 11) is 0. The first kappa shape index (κ1) is 9.04. The minimum atomic E-state index is 0.607. The van der Waals surface area contributed by atoms with Gasteiger partial charge in [-0.25, -0.2) is 0 Å². The summed E-state index contributed by atoms with van der Waals surface area (Å²) < 4.78 is 0. The van der Waals surface area contributed by atoms with Crippen LogP contribution in [0.3, 0.4) is 0 Å². The van der Waals surface area contributed by atoms with Crippen LogP contribution in [0.5, 0.6) is 0 Å². The van der Waals surface area contributed by atoms with Crippen molar-refractivity contribution in [2.45, 2.75) is 4.90 Å². The zero-order valence-electron chi connectivity index (χ0n) is 7.69. The molecule has 68 valence electrons. The number of hydrogen-bond acceptors (Lipinski definition) is 3. The standard InChI is InChI=1S/C11H8N2S/c1-14-10-4-2-3-9-5-8(6-12)7-13-11(9)10/h2-5,7H,1H3. The van der Waals surface area contributed by atoms with E-state index in [2.05, 4.69) is 11.1 Å². The number of para-hydroxylation sites is 1.